The lowest BCUT2D eigenvalue weighted by Gasteiger charge is -2.23. The minimum absolute atomic E-state index is 0.157. The van der Waals surface area contributed by atoms with Gasteiger partial charge in [-0.05, 0) is 73.2 Å². The summed E-state index contributed by atoms with van der Waals surface area (Å²) in [5.74, 6) is -1.33. The monoisotopic (exact) mass is 513 g/mol. The molecule has 3 rings (SSSR count). The van der Waals surface area contributed by atoms with Crippen LogP contribution in [-0.2, 0) is 24.3 Å². The van der Waals surface area contributed by atoms with E-state index in [-0.39, 0.29) is 17.2 Å². The Morgan fingerprint density at radius 2 is 1.64 bits per heavy atom. The van der Waals surface area contributed by atoms with Crippen LogP contribution in [0.5, 0.6) is 5.75 Å². The first-order chi connectivity index (χ1) is 17.2. The Morgan fingerprint density at radius 1 is 1.00 bits per heavy atom. The van der Waals surface area contributed by atoms with E-state index >= 15 is 0 Å². The molecule has 0 bridgehead atoms. The molecule has 0 aromatic heterocycles. The summed E-state index contributed by atoms with van der Waals surface area (Å²) in [4.78, 5) is 23.6. The van der Waals surface area contributed by atoms with Gasteiger partial charge in [-0.1, -0.05) is 17.7 Å². The number of hydrazone groups is 1. The van der Waals surface area contributed by atoms with Crippen LogP contribution < -0.4 is 14.5 Å². The average molecular weight is 514 g/mol. The number of methoxy groups -OCH3 is 1. The molecule has 0 aliphatic carbocycles. The molecule has 3 aromatic carbocycles. The number of benzene rings is 3. The lowest BCUT2D eigenvalue weighted by Crippen LogP contribution is -2.39. The van der Waals surface area contributed by atoms with E-state index in [1.54, 1.807) is 48.5 Å². The highest BCUT2D eigenvalue weighted by Gasteiger charge is 2.27. The highest BCUT2D eigenvalue weighted by Crippen LogP contribution is 2.24. The molecular weight excluding hydrogens is 489 g/mol. The molecule has 9 nitrogen and oxygen atoms in total. The number of amides is 1. The Balaban J connectivity index is 1.70. The molecule has 0 unspecified atom stereocenters. The molecule has 0 aliphatic heterocycles. The second kappa shape index (κ2) is 11.9. The standard InChI is InChI=1S/C25H24FN3O6S/c1-18-3-9-21(10-4-18)29(36(32,33)23-13-7-20(26)8-14-23)16-24(30)28-27-15-19-5-11-22(12-6-19)35-17-25(31)34-2/h3-15H,16-17H2,1-2H3,(H,28,30)/b27-15-. The fourth-order valence-corrected chi connectivity index (χ4v) is 4.38. The number of hydrogen-bond donors (Lipinski definition) is 1. The van der Waals surface area contributed by atoms with Gasteiger partial charge in [0.25, 0.3) is 15.9 Å². The summed E-state index contributed by atoms with van der Waals surface area (Å²) in [5.41, 5.74) is 4.11. The zero-order chi connectivity index (χ0) is 26.1. The molecule has 36 heavy (non-hydrogen) atoms. The van der Waals surface area contributed by atoms with Crippen LogP contribution in [0.3, 0.4) is 0 Å². The lowest BCUT2D eigenvalue weighted by atomic mass is 10.2. The average Bonchev–Trinajstić information content (AvgIpc) is 2.87. The smallest absolute Gasteiger partial charge is 0.343 e. The predicted octanol–water partition coefficient (Wildman–Crippen LogP) is 3.03. The van der Waals surface area contributed by atoms with Crippen LogP contribution in [-0.4, -0.2) is 46.8 Å². The second-order valence-electron chi connectivity index (χ2n) is 7.53. The number of rotatable bonds is 10. The van der Waals surface area contributed by atoms with E-state index in [1.165, 1.54) is 13.3 Å². The number of anilines is 1. The van der Waals surface area contributed by atoms with E-state index in [1.807, 2.05) is 6.92 Å². The number of carbonyl (C=O) groups excluding carboxylic acids is 2. The number of halogens is 1. The van der Waals surface area contributed by atoms with Crippen molar-refractivity contribution in [1.29, 1.82) is 0 Å². The van der Waals surface area contributed by atoms with Crippen LogP contribution >= 0.6 is 0 Å². The number of nitrogens with one attached hydrogen (secondary N) is 1. The van der Waals surface area contributed by atoms with Gasteiger partial charge in [-0.3, -0.25) is 9.10 Å². The summed E-state index contributed by atoms with van der Waals surface area (Å²) in [6.07, 6.45) is 1.37. The summed E-state index contributed by atoms with van der Waals surface area (Å²) < 4.78 is 50.5. The van der Waals surface area contributed by atoms with Gasteiger partial charge in [-0.2, -0.15) is 5.10 Å². The van der Waals surface area contributed by atoms with E-state index in [2.05, 4.69) is 15.3 Å². The number of carbonyl (C=O) groups is 2. The van der Waals surface area contributed by atoms with Crippen molar-refractivity contribution in [2.45, 2.75) is 11.8 Å². The van der Waals surface area contributed by atoms with Crippen LogP contribution in [0, 0.1) is 12.7 Å². The Kier molecular flexibility index (Phi) is 8.74. The second-order valence-corrected chi connectivity index (χ2v) is 9.39. The lowest BCUT2D eigenvalue weighted by molar-refractivity contribution is -0.142. The number of sulfonamides is 1. The van der Waals surface area contributed by atoms with Crippen molar-refractivity contribution in [2.75, 3.05) is 24.6 Å². The molecule has 0 heterocycles. The fraction of sp³-hybridized carbons (Fsp3) is 0.160. The number of hydrogen-bond acceptors (Lipinski definition) is 7. The topological polar surface area (TPSA) is 114 Å². The van der Waals surface area contributed by atoms with Crippen molar-refractivity contribution >= 4 is 33.8 Å². The molecule has 0 fully saturated rings. The predicted molar refractivity (Wildman–Crippen MR) is 132 cm³/mol. The van der Waals surface area contributed by atoms with Crippen molar-refractivity contribution in [1.82, 2.24) is 5.43 Å². The Bertz CT molecular complexity index is 1330. The van der Waals surface area contributed by atoms with Crippen molar-refractivity contribution in [3.63, 3.8) is 0 Å². The van der Waals surface area contributed by atoms with Crippen LogP contribution in [0.15, 0.2) is 82.8 Å². The minimum Gasteiger partial charge on any atom is -0.482 e. The van der Waals surface area contributed by atoms with Gasteiger partial charge in [0.15, 0.2) is 6.61 Å². The molecule has 1 amide bonds. The van der Waals surface area contributed by atoms with Gasteiger partial charge in [0.2, 0.25) is 0 Å². The third-order valence-corrected chi connectivity index (χ3v) is 6.67. The number of esters is 1. The highest BCUT2D eigenvalue weighted by molar-refractivity contribution is 7.92. The maximum absolute atomic E-state index is 13.3. The molecule has 3 aromatic rings. The van der Waals surface area contributed by atoms with Crippen molar-refractivity contribution in [3.05, 3.63) is 89.7 Å². The van der Waals surface area contributed by atoms with E-state index < -0.39 is 34.3 Å². The summed E-state index contributed by atoms with van der Waals surface area (Å²) in [6, 6.07) is 17.5. The maximum Gasteiger partial charge on any atom is 0.343 e. The van der Waals surface area contributed by atoms with Crippen molar-refractivity contribution in [2.24, 2.45) is 5.10 Å². The van der Waals surface area contributed by atoms with Gasteiger partial charge in [0.1, 0.15) is 18.1 Å². The zero-order valence-electron chi connectivity index (χ0n) is 19.5. The highest BCUT2D eigenvalue weighted by atomic mass is 32.2. The fourth-order valence-electron chi connectivity index (χ4n) is 2.96. The van der Waals surface area contributed by atoms with E-state index in [0.29, 0.717) is 11.3 Å². The molecule has 1 N–H and O–H groups in total. The molecule has 188 valence electrons. The molecule has 0 aliphatic rings. The summed E-state index contributed by atoms with van der Waals surface area (Å²) >= 11 is 0. The molecule has 0 saturated heterocycles. The van der Waals surface area contributed by atoms with Gasteiger partial charge < -0.3 is 9.47 Å². The van der Waals surface area contributed by atoms with Crippen molar-refractivity contribution < 1.29 is 31.9 Å². The number of ether oxygens (including phenoxy) is 2. The third kappa shape index (κ3) is 7.12. The largest absolute Gasteiger partial charge is 0.482 e. The SMILES string of the molecule is COC(=O)COc1ccc(/C=N\NC(=O)CN(c2ccc(C)cc2)S(=O)(=O)c2ccc(F)cc2)cc1. The number of nitrogens with zero attached hydrogens (tertiary/aromatic N) is 2. The summed E-state index contributed by atoms with van der Waals surface area (Å²) in [6.45, 7) is 1.07. The Hall–Kier alpha value is -4.25. The first kappa shape index (κ1) is 26.4. The maximum atomic E-state index is 13.3. The van der Waals surface area contributed by atoms with Gasteiger partial charge in [0.05, 0.1) is 23.9 Å². The molecular formula is C25H24FN3O6S. The molecule has 0 spiro atoms. The van der Waals surface area contributed by atoms with Gasteiger partial charge in [0, 0.05) is 0 Å². The molecule has 0 atom stereocenters. The van der Waals surface area contributed by atoms with Crippen LogP contribution in [0.2, 0.25) is 0 Å². The van der Waals surface area contributed by atoms with Crippen molar-refractivity contribution in [3.8, 4) is 5.75 Å². The van der Waals surface area contributed by atoms with Crippen LogP contribution in [0.25, 0.3) is 0 Å². The van der Waals surface area contributed by atoms with Gasteiger partial charge >= 0.3 is 5.97 Å². The zero-order valence-corrected chi connectivity index (χ0v) is 20.4. The summed E-state index contributed by atoms with van der Waals surface area (Å²) in [5, 5.41) is 3.88. The van der Waals surface area contributed by atoms with Crippen LogP contribution in [0.1, 0.15) is 11.1 Å². The van der Waals surface area contributed by atoms with Gasteiger partial charge in [-0.15, -0.1) is 0 Å². The Morgan fingerprint density at radius 3 is 2.25 bits per heavy atom. The van der Waals surface area contributed by atoms with Crippen LogP contribution in [0.4, 0.5) is 10.1 Å². The minimum atomic E-state index is -4.17. The first-order valence-corrected chi connectivity index (χ1v) is 12.1. The molecule has 11 heteroatoms. The van der Waals surface area contributed by atoms with E-state index in [0.717, 1.165) is 34.1 Å². The molecule has 0 saturated carbocycles. The Labute approximate surface area is 208 Å². The quantitative estimate of drug-likeness (QED) is 0.253. The normalized spacial score (nSPS) is 11.2. The van der Waals surface area contributed by atoms with E-state index in [4.69, 9.17) is 4.74 Å². The summed E-state index contributed by atoms with van der Waals surface area (Å²) in [7, 11) is -2.91. The van der Waals surface area contributed by atoms with Gasteiger partial charge in [-0.25, -0.2) is 23.0 Å². The first-order valence-electron chi connectivity index (χ1n) is 10.7. The molecule has 0 radical (unpaired) electrons. The third-order valence-electron chi connectivity index (χ3n) is 4.88. The number of aryl methyl sites for hydroxylation is 1. The van der Waals surface area contributed by atoms with E-state index in [9.17, 15) is 22.4 Å².